The SMILES string of the molecule is CCC(C(N)=O)n1c(-c2cccnc2)nc2sc3c(c2c1=O)CCC(C)C3. The summed E-state index contributed by atoms with van der Waals surface area (Å²) in [6.07, 6.45) is 6.68. The molecule has 0 aliphatic heterocycles. The van der Waals surface area contributed by atoms with Crippen molar-refractivity contribution in [1.82, 2.24) is 14.5 Å². The summed E-state index contributed by atoms with van der Waals surface area (Å²) in [4.78, 5) is 36.6. The fourth-order valence-corrected chi connectivity index (χ4v) is 5.27. The molecule has 140 valence electrons. The van der Waals surface area contributed by atoms with Gasteiger partial charge in [0.05, 0.1) is 5.39 Å². The molecule has 0 fully saturated rings. The van der Waals surface area contributed by atoms with E-state index in [4.69, 9.17) is 10.7 Å². The normalized spacial score (nSPS) is 17.6. The van der Waals surface area contributed by atoms with Gasteiger partial charge in [0.1, 0.15) is 16.7 Å². The van der Waals surface area contributed by atoms with Crippen LogP contribution in [0, 0.1) is 5.92 Å². The molecule has 0 aromatic carbocycles. The summed E-state index contributed by atoms with van der Waals surface area (Å²) < 4.78 is 1.48. The Bertz CT molecular complexity index is 1070. The van der Waals surface area contributed by atoms with Gasteiger partial charge in [0.2, 0.25) is 5.91 Å². The molecule has 4 rings (SSSR count). The van der Waals surface area contributed by atoms with Gasteiger partial charge in [0.15, 0.2) is 0 Å². The minimum Gasteiger partial charge on any atom is -0.368 e. The summed E-state index contributed by atoms with van der Waals surface area (Å²) in [6.45, 7) is 4.09. The number of hydrogen-bond donors (Lipinski definition) is 1. The number of aromatic nitrogens is 3. The highest BCUT2D eigenvalue weighted by atomic mass is 32.1. The Labute approximate surface area is 161 Å². The number of carbonyl (C=O) groups is 1. The lowest BCUT2D eigenvalue weighted by Crippen LogP contribution is -2.35. The zero-order chi connectivity index (χ0) is 19.1. The molecule has 1 amide bonds. The molecule has 3 heterocycles. The van der Waals surface area contributed by atoms with Crippen molar-refractivity contribution in [3.63, 3.8) is 0 Å². The number of fused-ring (bicyclic) bond motifs is 3. The van der Waals surface area contributed by atoms with Crippen LogP contribution in [0.4, 0.5) is 0 Å². The van der Waals surface area contributed by atoms with Gasteiger partial charge in [-0.1, -0.05) is 13.8 Å². The molecule has 0 spiro atoms. The Morgan fingerprint density at radius 3 is 2.96 bits per heavy atom. The maximum atomic E-state index is 13.5. The smallest absolute Gasteiger partial charge is 0.263 e. The first-order chi connectivity index (χ1) is 13.0. The van der Waals surface area contributed by atoms with E-state index in [-0.39, 0.29) is 5.56 Å². The highest BCUT2D eigenvalue weighted by Gasteiger charge is 2.28. The lowest BCUT2D eigenvalue weighted by molar-refractivity contribution is -0.121. The maximum Gasteiger partial charge on any atom is 0.263 e. The third-order valence-corrected chi connectivity index (χ3v) is 6.46. The number of thiophene rings is 1. The molecule has 2 unspecified atom stereocenters. The zero-order valence-corrected chi connectivity index (χ0v) is 16.3. The van der Waals surface area contributed by atoms with Crippen molar-refractivity contribution in [1.29, 1.82) is 0 Å². The third kappa shape index (κ3) is 2.96. The van der Waals surface area contributed by atoms with Crippen LogP contribution in [0.5, 0.6) is 0 Å². The summed E-state index contributed by atoms with van der Waals surface area (Å²) >= 11 is 1.60. The van der Waals surface area contributed by atoms with Gasteiger partial charge in [-0.25, -0.2) is 4.98 Å². The third-order valence-electron chi connectivity index (χ3n) is 5.31. The van der Waals surface area contributed by atoms with E-state index >= 15 is 0 Å². The average molecular weight is 382 g/mol. The number of carbonyl (C=O) groups excluding carboxylic acids is 1. The maximum absolute atomic E-state index is 13.5. The summed E-state index contributed by atoms with van der Waals surface area (Å²) in [5, 5.41) is 0.661. The Hall–Kier alpha value is -2.54. The van der Waals surface area contributed by atoms with Crippen molar-refractivity contribution >= 4 is 27.5 Å². The largest absolute Gasteiger partial charge is 0.368 e. The van der Waals surface area contributed by atoms with Crippen LogP contribution in [0.1, 0.15) is 43.2 Å². The molecule has 3 aromatic rings. The lowest BCUT2D eigenvalue weighted by atomic mass is 9.89. The van der Waals surface area contributed by atoms with E-state index in [9.17, 15) is 9.59 Å². The van der Waals surface area contributed by atoms with Gasteiger partial charge in [-0.05, 0) is 49.3 Å². The van der Waals surface area contributed by atoms with E-state index in [1.165, 1.54) is 9.44 Å². The van der Waals surface area contributed by atoms with E-state index in [1.54, 1.807) is 29.8 Å². The van der Waals surface area contributed by atoms with Gasteiger partial charge < -0.3 is 5.73 Å². The molecule has 0 radical (unpaired) electrons. The average Bonchev–Trinajstić information content (AvgIpc) is 3.02. The molecule has 2 N–H and O–H groups in total. The predicted octanol–water partition coefficient (Wildman–Crippen LogP) is 3.08. The van der Waals surface area contributed by atoms with Crippen LogP contribution in [-0.2, 0) is 17.6 Å². The van der Waals surface area contributed by atoms with Crippen molar-refractivity contribution in [3.8, 4) is 11.4 Å². The van der Waals surface area contributed by atoms with Crippen molar-refractivity contribution < 1.29 is 4.79 Å². The molecule has 3 aromatic heterocycles. The molecule has 6 nitrogen and oxygen atoms in total. The van der Waals surface area contributed by atoms with Gasteiger partial charge in [-0.2, -0.15) is 0 Å². The number of pyridine rings is 1. The molecule has 0 bridgehead atoms. The van der Waals surface area contributed by atoms with Crippen LogP contribution in [0.25, 0.3) is 21.6 Å². The number of amides is 1. The molecular weight excluding hydrogens is 360 g/mol. The molecule has 7 heteroatoms. The molecule has 0 saturated heterocycles. The Morgan fingerprint density at radius 1 is 1.48 bits per heavy atom. The number of nitrogens with two attached hydrogens (primary N) is 1. The highest BCUT2D eigenvalue weighted by molar-refractivity contribution is 7.18. The van der Waals surface area contributed by atoms with E-state index in [0.717, 1.165) is 29.7 Å². The molecule has 1 aliphatic rings. The summed E-state index contributed by atoms with van der Waals surface area (Å²) in [5.41, 5.74) is 7.27. The predicted molar refractivity (Wildman–Crippen MR) is 107 cm³/mol. The monoisotopic (exact) mass is 382 g/mol. The van der Waals surface area contributed by atoms with E-state index in [0.29, 0.717) is 29.1 Å². The van der Waals surface area contributed by atoms with Crippen LogP contribution < -0.4 is 11.3 Å². The fourth-order valence-electron chi connectivity index (χ4n) is 3.90. The quantitative estimate of drug-likeness (QED) is 0.751. The van der Waals surface area contributed by atoms with Crippen molar-refractivity contribution in [3.05, 3.63) is 45.3 Å². The summed E-state index contributed by atoms with van der Waals surface area (Å²) in [6, 6.07) is 2.91. The van der Waals surface area contributed by atoms with Crippen LogP contribution in [0.2, 0.25) is 0 Å². The van der Waals surface area contributed by atoms with Gasteiger partial charge in [-0.3, -0.25) is 19.1 Å². The second-order valence-corrected chi connectivity index (χ2v) is 8.29. The molecule has 2 atom stereocenters. The number of rotatable bonds is 4. The lowest BCUT2D eigenvalue weighted by Gasteiger charge is -2.20. The first-order valence-electron chi connectivity index (χ1n) is 9.27. The molecule has 0 saturated carbocycles. The fraction of sp³-hybridized carbons (Fsp3) is 0.400. The minimum absolute atomic E-state index is 0.170. The van der Waals surface area contributed by atoms with E-state index in [2.05, 4.69) is 11.9 Å². The number of nitrogens with zero attached hydrogens (tertiary/aromatic N) is 3. The van der Waals surface area contributed by atoms with Crippen LogP contribution in [-0.4, -0.2) is 20.4 Å². The summed E-state index contributed by atoms with van der Waals surface area (Å²) in [5.74, 6) is 0.543. The van der Waals surface area contributed by atoms with Crippen LogP contribution >= 0.6 is 11.3 Å². The van der Waals surface area contributed by atoms with E-state index in [1.807, 2.05) is 13.0 Å². The standard InChI is InChI=1S/C20H22N4O2S/c1-3-14(17(21)25)24-18(12-5-4-8-22-10-12)23-19-16(20(24)26)13-7-6-11(2)9-15(13)27-19/h4-5,8,10-11,14H,3,6-7,9H2,1-2H3,(H2,21,25). The van der Waals surface area contributed by atoms with Gasteiger partial charge >= 0.3 is 0 Å². The van der Waals surface area contributed by atoms with Gasteiger partial charge in [0.25, 0.3) is 5.56 Å². The Morgan fingerprint density at radius 2 is 2.30 bits per heavy atom. The number of primary amides is 1. The number of aryl methyl sites for hydroxylation is 1. The molecular formula is C20H22N4O2S. The van der Waals surface area contributed by atoms with Crippen molar-refractivity contribution in [2.45, 2.75) is 45.6 Å². The first-order valence-corrected chi connectivity index (χ1v) is 10.1. The second kappa shape index (κ2) is 6.88. The second-order valence-electron chi connectivity index (χ2n) is 7.21. The van der Waals surface area contributed by atoms with Gasteiger partial charge in [0, 0.05) is 22.8 Å². The van der Waals surface area contributed by atoms with Crippen LogP contribution in [0.3, 0.4) is 0 Å². The van der Waals surface area contributed by atoms with Crippen LogP contribution in [0.15, 0.2) is 29.3 Å². The van der Waals surface area contributed by atoms with Crippen molar-refractivity contribution in [2.75, 3.05) is 0 Å². The summed E-state index contributed by atoms with van der Waals surface area (Å²) in [7, 11) is 0. The minimum atomic E-state index is -0.734. The van der Waals surface area contributed by atoms with Crippen molar-refractivity contribution in [2.24, 2.45) is 11.7 Å². The van der Waals surface area contributed by atoms with E-state index < -0.39 is 11.9 Å². The van der Waals surface area contributed by atoms with Gasteiger partial charge in [-0.15, -0.1) is 11.3 Å². The number of hydrogen-bond acceptors (Lipinski definition) is 5. The topological polar surface area (TPSA) is 90.9 Å². The Balaban J connectivity index is 2.06. The first kappa shape index (κ1) is 17.9. The highest BCUT2D eigenvalue weighted by Crippen LogP contribution is 2.37. The zero-order valence-electron chi connectivity index (χ0n) is 15.4. The Kier molecular flexibility index (Phi) is 4.55. The molecule has 27 heavy (non-hydrogen) atoms. The molecule has 1 aliphatic carbocycles.